The molecule has 0 unspecified atom stereocenters. The molecule has 0 bridgehead atoms. The number of allylic oxidation sites excluding steroid dienone is 2. The molecule has 0 saturated heterocycles. The van der Waals surface area contributed by atoms with Crippen LogP contribution < -0.4 is 0 Å². The van der Waals surface area contributed by atoms with Crippen molar-refractivity contribution in [2.24, 2.45) is 0 Å². The number of hydrogen-bond acceptors (Lipinski definition) is 0. The molecular formula is C13H23. The summed E-state index contributed by atoms with van der Waals surface area (Å²) in [6.07, 6.45) is 16.6. The minimum atomic E-state index is 1.16. The summed E-state index contributed by atoms with van der Waals surface area (Å²) in [5.41, 5.74) is 0. The van der Waals surface area contributed by atoms with Gasteiger partial charge >= 0.3 is 0 Å². The molecule has 0 heterocycles. The monoisotopic (exact) mass is 179 g/mol. The average molecular weight is 179 g/mol. The van der Waals surface area contributed by atoms with Crippen molar-refractivity contribution < 1.29 is 0 Å². The predicted molar refractivity (Wildman–Crippen MR) is 61.6 cm³/mol. The Kier molecular flexibility index (Phi) is 11.0. The van der Waals surface area contributed by atoms with E-state index in [1.165, 1.54) is 44.9 Å². The molecule has 75 valence electrons. The zero-order valence-electron chi connectivity index (χ0n) is 8.80. The number of rotatable bonds is 10. The molecule has 0 aliphatic carbocycles. The Balaban J connectivity index is 2.83. The van der Waals surface area contributed by atoms with Crippen molar-refractivity contribution >= 4 is 0 Å². The third-order valence-electron chi connectivity index (χ3n) is 2.13. The van der Waals surface area contributed by atoms with Gasteiger partial charge in [-0.1, -0.05) is 31.4 Å². The van der Waals surface area contributed by atoms with E-state index in [9.17, 15) is 0 Å². The summed E-state index contributed by atoms with van der Waals surface area (Å²) in [7, 11) is 0. The third kappa shape index (κ3) is 11.5. The molecular weight excluding hydrogens is 156 g/mol. The first-order chi connectivity index (χ1) is 6.41. The van der Waals surface area contributed by atoms with E-state index in [0.717, 1.165) is 6.42 Å². The van der Waals surface area contributed by atoms with Gasteiger partial charge < -0.3 is 0 Å². The lowest BCUT2D eigenvalue weighted by Crippen LogP contribution is -1.80. The summed E-state index contributed by atoms with van der Waals surface area (Å²) in [6.45, 7) is 7.42. The predicted octanol–water partition coefficient (Wildman–Crippen LogP) is 4.68. The van der Waals surface area contributed by atoms with Gasteiger partial charge in [-0.15, -0.1) is 13.2 Å². The summed E-state index contributed by atoms with van der Waals surface area (Å²) in [4.78, 5) is 0. The number of hydrogen-bond donors (Lipinski definition) is 0. The second-order valence-corrected chi connectivity index (χ2v) is 3.43. The fraction of sp³-hybridized carbons (Fsp3) is 0.615. The van der Waals surface area contributed by atoms with Gasteiger partial charge in [0.05, 0.1) is 0 Å². The van der Waals surface area contributed by atoms with Gasteiger partial charge in [0.2, 0.25) is 0 Å². The highest BCUT2D eigenvalue weighted by Gasteiger charge is 1.90. The van der Waals surface area contributed by atoms with E-state index in [-0.39, 0.29) is 0 Å². The lowest BCUT2D eigenvalue weighted by Gasteiger charge is -1.99. The largest absolute Gasteiger partial charge is 0.103 e. The molecule has 0 amide bonds. The second kappa shape index (κ2) is 11.5. The number of unbranched alkanes of at least 4 members (excludes halogenated alkanes) is 8. The van der Waals surface area contributed by atoms with Crippen molar-refractivity contribution in [3.63, 3.8) is 0 Å². The fourth-order valence-electron chi connectivity index (χ4n) is 1.30. The quantitative estimate of drug-likeness (QED) is 0.337. The van der Waals surface area contributed by atoms with Crippen molar-refractivity contribution in [1.29, 1.82) is 0 Å². The van der Waals surface area contributed by atoms with Crippen LogP contribution in [0.15, 0.2) is 25.3 Å². The first kappa shape index (κ1) is 12.5. The second-order valence-electron chi connectivity index (χ2n) is 3.43. The molecule has 0 nitrogen and oxygen atoms in total. The Morgan fingerprint density at radius 3 is 1.85 bits per heavy atom. The van der Waals surface area contributed by atoms with Crippen LogP contribution in [0.3, 0.4) is 0 Å². The van der Waals surface area contributed by atoms with Crippen molar-refractivity contribution in [1.82, 2.24) is 0 Å². The lowest BCUT2D eigenvalue weighted by atomic mass is 10.1. The Morgan fingerprint density at radius 1 is 0.615 bits per heavy atom. The first-order valence-corrected chi connectivity index (χ1v) is 5.45. The molecule has 0 aliphatic heterocycles. The van der Waals surface area contributed by atoms with Gasteiger partial charge in [0.15, 0.2) is 0 Å². The molecule has 0 aromatic rings. The molecule has 0 N–H and O–H groups in total. The topological polar surface area (TPSA) is 0 Å². The molecule has 13 heavy (non-hydrogen) atoms. The molecule has 0 rings (SSSR count). The van der Waals surface area contributed by atoms with E-state index in [0.29, 0.717) is 0 Å². The fourth-order valence-corrected chi connectivity index (χ4v) is 1.30. The molecule has 0 atom stereocenters. The maximum atomic E-state index is 3.71. The maximum absolute atomic E-state index is 3.71. The van der Waals surface area contributed by atoms with E-state index in [1.807, 2.05) is 12.2 Å². The van der Waals surface area contributed by atoms with Gasteiger partial charge in [0, 0.05) is 0 Å². The van der Waals surface area contributed by atoms with Crippen LogP contribution in [0.4, 0.5) is 0 Å². The highest BCUT2D eigenvalue weighted by molar-refractivity contribution is 4.71. The van der Waals surface area contributed by atoms with Gasteiger partial charge in [0.1, 0.15) is 0 Å². The zero-order chi connectivity index (χ0) is 9.78. The summed E-state index contributed by atoms with van der Waals surface area (Å²) in [5.74, 6) is 0. The standard InChI is InChI=1S/C13H23/c1-3-5-7-9-11-13-12-10-8-6-4-2/h3-4,11H,1-2,5-10,12-13H2. The lowest BCUT2D eigenvalue weighted by molar-refractivity contribution is 0.660. The molecule has 0 saturated carbocycles. The van der Waals surface area contributed by atoms with Crippen molar-refractivity contribution in [2.75, 3.05) is 0 Å². The molecule has 0 aromatic heterocycles. The average Bonchev–Trinajstić information content (AvgIpc) is 2.16. The van der Waals surface area contributed by atoms with E-state index in [1.54, 1.807) is 0 Å². The van der Waals surface area contributed by atoms with Gasteiger partial charge in [-0.3, -0.25) is 0 Å². The van der Waals surface area contributed by atoms with Crippen LogP contribution in [-0.2, 0) is 0 Å². The van der Waals surface area contributed by atoms with Crippen LogP contribution >= 0.6 is 0 Å². The maximum Gasteiger partial charge on any atom is -0.0353 e. The Labute approximate surface area is 83.7 Å². The van der Waals surface area contributed by atoms with E-state index in [2.05, 4.69) is 19.6 Å². The Hall–Kier alpha value is -0.520. The van der Waals surface area contributed by atoms with E-state index in [4.69, 9.17) is 0 Å². The summed E-state index contributed by atoms with van der Waals surface area (Å²) < 4.78 is 0. The van der Waals surface area contributed by atoms with Crippen LogP contribution in [0.25, 0.3) is 0 Å². The Morgan fingerprint density at radius 2 is 1.15 bits per heavy atom. The van der Waals surface area contributed by atoms with Crippen LogP contribution in [0, 0.1) is 6.42 Å². The van der Waals surface area contributed by atoms with Crippen LogP contribution in [0.1, 0.15) is 51.4 Å². The third-order valence-corrected chi connectivity index (χ3v) is 2.13. The van der Waals surface area contributed by atoms with Crippen molar-refractivity contribution in [2.45, 2.75) is 51.4 Å². The van der Waals surface area contributed by atoms with Gasteiger partial charge in [-0.05, 0) is 38.5 Å². The molecule has 0 spiro atoms. The van der Waals surface area contributed by atoms with Crippen LogP contribution in [-0.4, -0.2) is 0 Å². The minimum Gasteiger partial charge on any atom is -0.103 e. The highest BCUT2D eigenvalue weighted by atomic mass is 14.0. The Bertz CT molecular complexity index is 99.2. The normalized spacial score (nSPS) is 9.85. The summed E-state index contributed by atoms with van der Waals surface area (Å²) >= 11 is 0. The highest BCUT2D eigenvalue weighted by Crippen LogP contribution is 2.08. The van der Waals surface area contributed by atoms with E-state index >= 15 is 0 Å². The summed E-state index contributed by atoms with van der Waals surface area (Å²) in [5, 5.41) is 0. The molecule has 0 aromatic carbocycles. The first-order valence-electron chi connectivity index (χ1n) is 5.45. The smallest absolute Gasteiger partial charge is 0.0353 e. The molecule has 1 radical (unpaired) electrons. The summed E-state index contributed by atoms with van der Waals surface area (Å²) in [6, 6.07) is 0. The van der Waals surface area contributed by atoms with Crippen LogP contribution in [0.5, 0.6) is 0 Å². The molecule has 0 aliphatic rings. The van der Waals surface area contributed by atoms with E-state index < -0.39 is 0 Å². The van der Waals surface area contributed by atoms with Crippen molar-refractivity contribution in [3.05, 3.63) is 31.7 Å². The zero-order valence-corrected chi connectivity index (χ0v) is 8.80. The minimum absolute atomic E-state index is 1.16. The molecule has 0 heteroatoms. The SMILES string of the molecule is C=CCCC[CH]CCCCCC=C. The molecule has 0 fully saturated rings. The van der Waals surface area contributed by atoms with Gasteiger partial charge in [-0.25, -0.2) is 0 Å². The van der Waals surface area contributed by atoms with Gasteiger partial charge in [0.25, 0.3) is 0 Å². The van der Waals surface area contributed by atoms with Gasteiger partial charge in [-0.2, -0.15) is 0 Å². The van der Waals surface area contributed by atoms with Crippen LogP contribution in [0.2, 0.25) is 0 Å². The van der Waals surface area contributed by atoms with Crippen molar-refractivity contribution in [3.8, 4) is 0 Å².